The van der Waals surface area contributed by atoms with Crippen LogP contribution in [-0.2, 0) is 6.61 Å². The molecule has 1 aromatic heterocycles. The lowest BCUT2D eigenvalue weighted by Gasteiger charge is -2.07. The molecule has 2 rings (SSSR count). The molecule has 2 N–H and O–H groups in total. The number of anilines is 1. The molecule has 0 bridgehead atoms. The maximum Gasteiger partial charge on any atom is 0.142 e. The van der Waals surface area contributed by atoms with Crippen LogP contribution in [0.5, 0.6) is 5.75 Å². The first-order chi connectivity index (χ1) is 7.25. The van der Waals surface area contributed by atoms with E-state index >= 15 is 0 Å². The Kier molecular flexibility index (Phi) is 3.14. The van der Waals surface area contributed by atoms with Crippen molar-refractivity contribution >= 4 is 28.6 Å². The molecule has 1 aromatic carbocycles. The summed E-state index contributed by atoms with van der Waals surface area (Å²) < 4.78 is 5.56. The zero-order valence-corrected chi connectivity index (χ0v) is 9.52. The summed E-state index contributed by atoms with van der Waals surface area (Å²) in [5.41, 5.74) is 7.47. The number of thiophene rings is 1. The van der Waals surface area contributed by atoms with Gasteiger partial charge in [-0.1, -0.05) is 11.6 Å². The Labute approximate surface area is 97.3 Å². The fourth-order valence-corrected chi connectivity index (χ4v) is 2.02. The number of ether oxygens (including phenoxy) is 1. The van der Waals surface area contributed by atoms with Crippen molar-refractivity contribution in [2.75, 3.05) is 5.73 Å². The third kappa shape index (κ3) is 2.64. The zero-order chi connectivity index (χ0) is 10.7. The van der Waals surface area contributed by atoms with Gasteiger partial charge in [0.15, 0.2) is 0 Å². The smallest absolute Gasteiger partial charge is 0.142 e. The first-order valence-electron chi connectivity index (χ1n) is 4.44. The molecule has 15 heavy (non-hydrogen) atoms. The van der Waals surface area contributed by atoms with Crippen LogP contribution in [0.2, 0.25) is 5.02 Å². The van der Waals surface area contributed by atoms with Crippen LogP contribution in [0, 0.1) is 0 Å². The zero-order valence-electron chi connectivity index (χ0n) is 7.94. The molecule has 0 spiro atoms. The molecule has 1 heterocycles. The van der Waals surface area contributed by atoms with E-state index in [2.05, 4.69) is 0 Å². The van der Waals surface area contributed by atoms with Gasteiger partial charge in [0.25, 0.3) is 0 Å². The molecular weight excluding hydrogens is 230 g/mol. The van der Waals surface area contributed by atoms with E-state index in [1.54, 1.807) is 29.5 Å². The molecule has 4 heteroatoms. The molecule has 2 nitrogen and oxygen atoms in total. The van der Waals surface area contributed by atoms with Crippen LogP contribution in [0.25, 0.3) is 0 Å². The maximum atomic E-state index is 5.78. The topological polar surface area (TPSA) is 35.2 Å². The largest absolute Gasteiger partial charge is 0.487 e. The van der Waals surface area contributed by atoms with E-state index in [1.807, 2.05) is 16.8 Å². The number of nitrogens with two attached hydrogens (primary N) is 1. The number of benzene rings is 1. The van der Waals surface area contributed by atoms with Crippen LogP contribution in [0.1, 0.15) is 5.56 Å². The number of nitrogen functional groups attached to an aromatic ring is 1. The predicted molar refractivity (Wildman–Crippen MR) is 64.5 cm³/mol. The molecular formula is C11H10ClNOS. The molecule has 0 unspecified atom stereocenters. The average Bonchev–Trinajstić information content (AvgIpc) is 2.69. The minimum absolute atomic E-state index is 0.537. The molecule has 0 amide bonds. The van der Waals surface area contributed by atoms with Crippen molar-refractivity contribution < 1.29 is 4.74 Å². The Morgan fingerprint density at radius 3 is 2.87 bits per heavy atom. The SMILES string of the molecule is Nc1cc(Cl)ccc1OCc1ccsc1. The summed E-state index contributed by atoms with van der Waals surface area (Å²) in [6.45, 7) is 0.537. The molecule has 2 aromatic rings. The summed E-state index contributed by atoms with van der Waals surface area (Å²) in [7, 11) is 0. The van der Waals surface area contributed by atoms with Gasteiger partial charge in [-0.05, 0) is 40.6 Å². The van der Waals surface area contributed by atoms with Crippen molar-refractivity contribution in [2.24, 2.45) is 0 Å². The second-order valence-corrected chi connectivity index (χ2v) is 4.32. The van der Waals surface area contributed by atoms with Crippen molar-refractivity contribution in [1.82, 2.24) is 0 Å². The minimum Gasteiger partial charge on any atom is -0.487 e. The van der Waals surface area contributed by atoms with Crippen molar-refractivity contribution in [3.8, 4) is 5.75 Å². The minimum atomic E-state index is 0.537. The summed E-state index contributed by atoms with van der Waals surface area (Å²) in [5, 5.41) is 4.69. The predicted octanol–water partition coefficient (Wildman–Crippen LogP) is 3.56. The Morgan fingerprint density at radius 2 is 2.20 bits per heavy atom. The summed E-state index contributed by atoms with van der Waals surface area (Å²) in [6.07, 6.45) is 0. The fraction of sp³-hybridized carbons (Fsp3) is 0.0909. The molecule has 78 valence electrons. The Balaban J connectivity index is 2.05. The molecule has 0 saturated carbocycles. The Morgan fingerprint density at radius 1 is 1.33 bits per heavy atom. The molecule has 0 fully saturated rings. The fourth-order valence-electron chi connectivity index (χ4n) is 1.19. The van der Waals surface area contributed by atoms with Crippen LogP contribution in [-0.4, -0.2) is 0 Å². The van der Waals surface area contributed by atoms with Crippen LogP contribution in [0.4, 0.5) is 5.69 Å². The molecule has 0 aliphatic rings. The Bertz CT molecular complexity index is 442. The number of hydrogen-bond acceptors (Lipinski definition) is 3. The summed E-state index contributed by atoms with van der Waals surface area (Å²) >= 11 is 7.43. The van der Waals surface area contributed by atoms with Gasteiger partial charge in [-0.15, -0.1) is 0 Å². The number of halogens is 1. The van der Waals surface area contributed by atoms with Crippen LogP contribution >= 0.6 is 22.9 Å². The van der Waals surface area contributed by atoms with Gasteiger partial charge in [-0.25, -0.2) is 0 Å². The van der Waals surface area contributed by atoms with Gasteiger partial charge in [0.1, 0.15) is 12.4 Å². The quantitative estimate of drug-likeness (QED) is 0.832. The number of hydrogen-bond donors (Lipinski definition) is 1. The highest BCUT2D eigenvalue weighted by molar-refractivity contribution is 7.07. The van der Waals surface area contributed by atoms with Crippen molar-refractivity contribution in [1.29, 1.82) is 0 Å². The van der Waals surface area contributed by atoms with E-state index in [0.29, 0.717) is 23.1 Å². The third-order valence-corrected chi connectivity index (χ3v) is 2.91. The van der Waals surface area contributed by atoms with E-state index < -0.39 is 0 Å². The molecule has 0 aliphatic heterocycles. The van der Waals surface area contributed by atoms with Gasteiger partial charge in [-0.3, -0.25) is 0 Å². The first kappa shape index (κ1) is 10.3. The average molecular weight is 240 g/mol. The highest BCUT2D eigenvalue weighted by Crippen LogP contribution is 2.25. The molecule has 0 saturated heterocycles. The van der Waals surface area contributed by atoms with E-state index in [4.69, 9.17) is 22.1 Å². The van der Waals surface area contributed by atoms with Crippen LogP contribution < -0.4 is 10.5 Å². The molecule has 0 atom stereocenters. The van der Waals surface area contributed by atoms with E-state index in [-0.39, 0.29) is 0 Å². The van der Waals surface area contributed by atoms with Crippen LogP contribution in [0.3, 0.4) is 0 Å². The van der Waals surface area contributed by atoms with E-state index in [9.17, 15) is 0 Å². The van der Waals surface area contributed by atoms with Crippen molar-refractivity contribution in [3.05, 3.63) is 45.6 Å². The van der Waals surface area contributed by atoms with Crippen molar-refractivity contribution in [3.63, 3.8) is 0 Å². The van der Waals surface area contributed by atoms with Gasteiger partial charge in [0, 0.05) is 5.02 Å². The monoisotopic (exact) mass is 239 g/mol. The van der Waals surface area contributed by atoms with Gasteiger partial charge >= 0.3 is 0 Å². The van der Waals surface area contributed by atoms with E-state index in [1.165, 1.54) is 0 Å². The lowest BCUT2D eigenvalue weighted by atomic mass is 10.3. The molecule has 0 aliphatic carbocycles. The summed E-state index contributed by atoms with van der Waals surface area (Å²) in [4.78, 5) is 0. The normalized spacial score (nSPS) is 10.2. The van der Waals surface area contributed by atoms with Gasteiger partial charge in [0.05, 0.1) is 5.69 Å². The van der Waals surface area contributed by atoms with Crippen molar-refractivity contribution in [2.45, 2.75) is 6.61 Å². The van der Waals surface area contributed by atoms with Gasteiger partial charge in [-0.2, -0.15) is 11.3 Å². The third-order valence-electron chi connectivity index (χ3n) is 1.95. The second-order valence-electron chi connectivity index (χ2n) is 3.10. The second kappa shape index (κ2) is 4.55. The highest BCUT2D eigenvalue weighted by atomic mass is 35.5. The van der Waals surface area contributed by atoms with Crippen LogP contribution in [0.15, 0.2) is 35.0 Å². The molecule has 0 radical (unpaired) electrons. The lowest BCUT2D eigenvalue weighted by molar-refractivity contribution is 0.308. The van der Waals surface area contributed by atoms with Gasteiger partial charge < -0.3 is 10.5 Å². The summed E-state index contributed by atoms with van der Waals surface area (Å²) in [6, 6.07) is 7.26. The number of rotatable bonds is 3. The first-order valence-corrected chi connectivity index (χ1v) is 5.76. The van der Waals surface area contributed by atoms with Gasteiger partial charge in [0.2, 0.25) is 0 Å². The Hall–Kier alpha value is -1.19. The maximum absolute atomic E-state index is 5.78. The van der Waals surface area contributed by atoms with E-state index in [0.717, 1.165) is 5.56 Å². The summed E-state index contributed by atoms with van der Waals surface area (Å²) in [5.74, 6) is 0.672. The highest BCUT2D eigenvalue weighted by Gasteiger charge is 2.01. The lowest BCUT2D eigenvalue weighted by Crippen LogP contribution is -1.97. The standard InChI is InChI=1S/C11H10ClNOS/c12-9-1-2-11(10(13)5-9)14-6-8-3-4-15-7-8/h1-5,7H,6,13H2.